The minimum atomic E-state index is -3.73. The molecule has 1 saturated carbocycles. The highest BCUT2D eigenvalue weighted by molar-refractivity contribution is 7.89. The highest BCUT2D eigenvalue weighted by atomic mass is 32.2. The normalized spacial score (nSPS) is 16.2. The van der Waals surface area contributed by atoms with Crippen LogP contribution in [0.3, 0.4) is 0 Å². The number of nitrogens with zero attached hydrogens (tertiary/aromatic N) is 1. The lowest BCUT2D eigenvalue weighted by molar-refractivity contribution is -0.384. The van der Waals surface area contributed by atoms with Crippen LogP contribution >= 0.6 is 0 Å². The number of nitro groups is 1. The van der Waals surface area contributed by atoms with E-state index in [1.807, 2.05) is 0 Å². The smallest absolute Gasteiger partial charge is 0.293 e. The molecule has 8 heteroatoms. The summed E-state index contributed by atoms with van der Waals surface area (Å²) in [6.45, 7) is 0.352. The van der Waals surface area contributed by atoms with Crippen LogP contribution in [0.2, 0.25) is 0 Å². The van der Waals surface area contributed by atoms with Crippen LogP contribution in [0.15, 0.2) is 23.1 Å². The minimum Gasteiger partial charge on any atom is -0.393 e. The van der Waals surface area contributed by atoms with E-state index in [0.717, 1.165) is 25.3 Å². The summed E-state index contributed by atoms with van der Waals surface area (Å²) in [5.41, 5.74) is 5.01. The lowest BCUT2D eigenvalue weighted by atomic mass is 10.1. The third-order valence-corrected chi connectivity index (χ3v) is 5.29. The summed E-state index contributed by atoms with van der Waals surface area (Å²) < 4.78 is 26.7. The summed E-state index contributed by atoms with van der Waals surface area (Å²) in [6.07, 6.45) is 5.52. The molecule has 0 saturated heterocycles. The van der Waals surface area contributed by atoms with Gasteiger partial charge in [-0.15, -0.1) is 0 Å². The van der Waals surface area contributed by atoms with E-state index in [2.05, 4.69) is 4.72 Å². The van der Waals surface area contributed by atoms with Gasteiger partial charge < -0.3 is 5.73 Å². The van der Waals surface area contributed by atoms with Crippen LogP contribution in [-0.4, -0.2) is 19.9 Å². The quantitative estimate of drug-likeness (QED) is 0.473. The van der Waals surface area contributed by atoms with E-state index in [1.54, 1.807) is 0 Å². The molecule has 1 aromatic carbocycles. The third-order valence-electron chi connectivity index (χ3n) is 3.83. The molecule has 0 radical (unpaired) electrons. The molecule has 1 aromatic rings. The van der Waals surface area contributed by atoms with Crippen LogP contribution in [0.1, 0.15) is 32.1 Å². The minimum absolute atomic E-state index is 0.0510. The van der Waals surface area contributed by atoms with Gasteiger partial charge in [0.1, 0.15) is 5.69 Å². The molecular formula is C13H19N3O4S. The SMILES string of the molecule is Nc1ccc(S(=O)(=O)NCCC2CCCC2)cc1[N+](=O)[O-]. The van der Waals surface area contributed by atoms with Crippen molar-refractivity contribution < 1.29 is 13.3 Å². The van der Waals surface area contributed by atoms with E-state index in [9.17, 15) is 18.5 Å². The van der Waals surface area contributed by atoms with Crippen LogP contribution in [0, 0.1) is 16.0 Å². The largest absolute Gasteiger partial charge is 0.393 e. The molecule has 116 valence electrons. The van der Waals surface area contributed by atoms with Gasteiger partial charge in [0.15, 0.2) is 0 Å². The van der Waals surface area contributed by atoms with Crippen molar-refractivity contribution in [3.63, 3.8) is 0 Å². The number of hydrogen-bond donors (Lipinski definition) is 2. The van der Waals surface area contributed by atoms with Crippen molar-refractivity contribution in [2.45, 2.75) is 37.0 Å². The fraction of sp³-hybridized carbons (Fsp3) is 0.538. The molecule has 0 heterocycles. The first kappa shape index (κ1) is 15.7. The van der Waals surface area contributed by atoms with Gasteiger partial charge in [-0.05, 0) is 24.5 Å². The second-order valence-corrected chi connectivity index (χ2v) is 7.08. The highest BCUT2D eigenvalue weighted by Crippen LogP contribution is 2.27. The maximum atomic E-state index is 12.1. The zero-order valence-corrected chi connectivity index (χ0v) is 12.4. The van der Waals surface area contributed by atoms with Gasteiger partial charge in [0.25, 0.3) is 5.69 Å². The molecule has 0 spiro atoms. The molecule has 0 atom stereocenters. The Labute approximate surface area is 123 Å². The van der Waals surface area contributed by atoms with Gasteiger partial charge >= 0.3 is 0 Å². The first-order chi connectivity index (χ1) is 9.90. The maximum Gasteiger partial charge on any atom is 0.293 e. The van der Waals surface area contributed by atoms with Gasteiger partial charge in [0.05, 0.1) is 9.82 Å². The molecule has 0 aliphatic heterocycles. The number of anilines is 1. The van der Waals surface area contributed by atoms with Crippen LogP contribution in [-0.2, 0) is 10.0 Å². The van der Waals surface area contributed by atoms with Crippen molar-refractivity contribution in [2.24, 2.45) is 5.92 Å². The predicted octanol–water partition coefficient (Wildman–Crippen LogP) is 2.04. The fourth-order valence-corrected chi connectivity index (χ4v) is 3.70. The standard InChI is InChI=1S/C13H19N3O4S/c14-12-6-5-11(9-13(12)16(17)18)21(19,20)15-8-7-10-3-1-2-4-10/h5-6,9-10,15H,1-4,7-8,14H2. The zero-order chi connectivity index (χ0) is 15.5. The molecule has 0 amide bonds. The molecule has 1 fully saturated rings. The molecule has 0 bridgehead atoms. The average molecular weight is 313 g/mol. The summed E-state index contributed by atoms with van der Waals surface area (Å²) in [5.74, 6) is 0.577. The lowest BCUT2D eigenvalue weighted by Gasteiger charge is -2.10. The first-order valence-corrected chi connectivity index (χ1v) is 8.42. The number of nitrogens with two attached hydrogens (primary N) is 1. The number of nitrogens with one attached hydrogen (secondary N) is 1. The molecule has 7 nitrogen and oxygen atoms in total. The van der Waals surface area contributed by atoms with Gasteiger partial charge in [0, 0.05) is 12.6 Å². The fourth-order valence-electron chi connectivity index (χ4n) is 2.63. The van der Waals surface area contributed by atoms with Crippen molar-refractivity contribution in [1.82, 2.24) is 4.72 Å². The van der Waals surface area contributed by atoms with Crippen molar-refractivity contribution in [1.29, 1.82) is 0 Å². The van der Waals surface area contributed by atoms with Crippen molar-refractivity contribution in [3.8, 4) is 0 Å². The Bertz CT molecular complexity index is 624. The van der Waals surface area contributed by atoms with Crippen LogP contribution in [0.25, 0.3) is 0 Å². The molecule has 1 aliphatic carbocycles. The molecule has 3 N–H and O–H groups in total. The molecular weight excluding hydrogens is 294 g/mol. The van der Waals surface area contributed by atoms with Gasteiger partial charge in [0.2, 0.25) is 10.0 Å². The second kappa shape index (κ2) is 6.40. The number of nitrogen functional groups attached to an aromatic ring is 1. The topological polar surface area (TPSA) is 115 Å². The summed E-state index contributed by atoms with van der Waals surface area (Å²) in [4.78, 5) is 9.98. The van der Waals surface area contributed by atoms with E-state index < -0.39 is 20.6 Å². The van der Waals surface area contributed by atoms with Gasteiger partial charge in [-0.2, -0.15) is 0 Å². The summed E-state index contributed by atoms with van der Waals surface area (Å²) in [7, 11) is -3.73. The second-order valence-electron chi connectivity index (χ2n) is 5.31. The van der Waals surface area contributed by atoms with Crippen LogP contribution in [0.5, 0.6) is 0 Å². The van der Waals surface area contributed by atoms with Crippen molar-refractivity contribution >= 4 is 21.4 Å². The average Bonchev–Trinajstić information content (AvgIpc) is 2.91. The van der Waals surface area contributed by atoms with Gasteiger partial charge in [-0.1, -0.05) is 25.7 Å². The Hall–Kier alpha value is -1.67. The molecule has 0 aromatic heterocycles. The van der Waals surface area contributed by atoms with Crippen LogP contribution < -0.4 is 10.5 Å². The Morgan fingerprint density at radius 1 is 1.33 bits per heavy atom. The van der Waals surface area contributed by atoms with E-state index in [4.69, 9.17) is 5.73 Å². The predicted molar refractivity (Wildman–Crippen MR) is 79.3 cm³/mol. The van der Waals surface area contributed by atoms with E-state index in [-0.39, 0.29) is 10.6 Å². The number of benzene rings is 1. The maximum absolute atomic E-state index is 12.1. The highest BCUT2D eigenvalue weighted by Gasteiger charge is 2.21. The molecule has 0 unspecified atom stereocenters. The van der Waals surface area contributed by atoms with Crippen molar-refractivity contribution in [2.75, 3.05) is 12.3 Å². The Morgan fingerprint density at radius 2 is 2.00 bits per heavy atom. The number of nitro benzene ring substituents is 1. The number of hydrogen-bond acceptors (Lipinski definition) is 5. The Balaban J connectivity index is 2.04. The summed E-state index contributed by atoms with van der Waals surface area (Å²) >= 11 is 0. The Kier molecular flexibility index (Phi) is 4.79. The first-order valence-electron chi connectivity index (χ1n) is 6.94. The third kappa shape index (κ3) is 3.92. The number of rotatable bonds is 6. The van der Waals surface area contributed by atoms with Crippen LogP contribution in [0.4, 0.5) is 11.4 Å². The Morgan fingerprint density at radius 3 is 2.62 bits per heavy atom. The van der Waals surface area contributed by atoms with Crippen molar-refractivity contribution in [3.05, 3.63) is 28.3 Å². The van der Waals surface area contributed by atoms with Gasteiger partial charge in [-0.25, -0.2) is 13.1 Å². The summed E-state index contributed by atoms with van der Waals surface area (Å²) in [5, 5.41) is 10.8. The lowest BCUT2D eigenvalue weighted by Crippen LogP contribution is -2.26. The zero-order valence-electron chi connectivity index (χ0n) is 11.6. The van der Waals surface area contributed by atoms with E-state index in [0.29, 0.717) is 12.5 Å². The number of sulfonamides is 1. The molecule has 1 aliphatic rings. The van der Waals surface area contributed by atoms with E-state index in [1.165, 1.54) is 25.0 Å². The molecule has 21 heavy (non-hydrogen) atoms. The van der Waals surface area contributed by atoms with E-state index >= 15 is 0 Å². The molecule has 2 rings (SSSR count). The monoisotopic (exact) mass is 313 g/mol. The summed E-state index contributed by atoms with van der Waals surface area (Å²) in [6, 6.07) is 3.51. The van der Waals surface area contributed by atoms with Gasteiger partial charge in [-0.3, -0.25) is 10.1 Å².